The lowest BCUT2D eigenvalue weighted by Gasteiger charge is -2.13. The molecule has 0 aromatic carbocycles. The van der Waals surface area contributed by atoms with E-state index in [1.807, 2.05) is 7.05 Å². The summed E-state index contributed by atoms with van der Waals surface area (Å²) in [5.74, 6) is 0. The van der Waals surface area contributed by atoms with E-state index in [2.05, 4.69) is 10.6 Å². The minimum absolute atomic E-state index is 0.0770. The molecule has 0 aromatic rings. The molecule has 6 heteroatoms. The zero-order valence-electron chi connectivity index (χ0n) is 8.90. The summed E-state index contributed by atoms with van der Waals surface area (Å²) in [5, 5.41) is 27.1. The van der Waals surface area contributed by atoms with Crippen molar-refractivity contribution in [2.75, 3.05) is 27.2 Å². The van der Waals surface area contributed by atoms with Gasteiger partial charge in [0.2, 0.25) is 0 Å². The Morgan fingerprint density at radius 3 is 2.50 bits per heavy atom. The number of rotatable bonds is 8. The van der Waals surface area contributed by atoms with Gasteiger partial charge in [0.25, 0.3) is 0 Å². The maximum absolute atomic E-state index is 10.6. The Balaban J connectivity index is 3.27. The average molecular weight is 203 g/mol. The van der Waals surface area contributed by atoms with Crippen molar-refractivity contribution >= 4 is 0 Å². The normalized spacial score (nSPS) is 11.7. The molecule has 6 nitrogen and oxygen atoms in total. The standard InChI is InChI=1S/C8H20N4O2/c1-9-7-5-3-4-6-8-11(2)12(14)10-13/h9,13H,3-8H2,1-2H3/p-1/b12-10-. The van der Waals surface area contributed by atoms with Crippen LogP contribution in [0.15, 0.2) is 5.28 Å². The van der Waals surface area contributed by atoms with Gasteiger partial charge in [-0.05, 0) is 31.7 Å². The van der Waals surface area contributed by atoms with Gasteiger partial charge in [-0.1, -0.05) is 12.8 Å². The summed E-state index contributed by atoms with van der Waals surface area (Å²) in [5.41, 5.74) is 0. The molecule has 0 atom stereocenters. The first-order valence-electron chi connectivity index (χ1n) is 4.88. The molecule has 0 unspecified atom stereocenters. The van der Waals surface area contributed by atoms with E-state index < -0.39 is 0 Å². The van der Waals surface area contributed by atoms with E-state index in [1.54, 1.807) is 7.05 Å². The van der Waals surface area contributed by atoms with Gasteiger partial charge in [0.15, 0.2) is 0 Å². The van der Waals surface area contributed by atoms with Crippen LogP contribution in [0.25, 0.3) is 0 Å². The SMILES string of the molecule is CNCCCCCCN(C)/[N+]([O-])=N/[O-]. The second kappa shape index (κ2) is 8.55. The van der Waals surface area contributed by atoms with E-state index >= 15 is 0 Å². The van der Waals surface area contributed by atoms with Crippen LogP contribution in [0, 0.1) is 10.4 Å². The van der Waals surface area contributed by atoms with Crippen LogP contribution in [0.4, 0.5) is 0 Å². The molecule has 0 amide bonds. The van der Waals surface area contributed by atoms with Gasteiger partial charge < -0.3 is 15.7 Å². The molecule has 0 spiro atoms. The number of hydrogen-bond donors (Lipinski definition) is 1. The molecule has 0 fully saturated rings. The van der Waals surface area contributed by atoms with E-state index in [0.717, 1.165) is 32.2 Å². The third-order valence-corrected chi connectivity index (χ3v) is 2.02. The summed E-state index contributed by atoms with van der Waals surface area (Å²) < 4.78 is 0. The van der Waals surface area contributed by atoms with Crippen LogP contribution < -0.4 is 5.32 Å². The highest BCUT2D eigenvalue weighted by atomic mass is 16.6. The summed E-state index contributed by atoms with van der Waals surface area (Å²) in [4.78, 5) is 0.0770. The minimum Gasteiger partial charge on any atom is -0.737 e. The van der Waals surface area contributed by atoms with Gasteiger partial charge in [-0.2, -0.15) is 5.01 Å². The molecule has 0 aliphatic carbocycles. The summed E-state index contributed by atoms with van der Waals surface area (Å²) in [6, 6.07) is 0. The summed E-state index contributed by atoms with van der Waals surface area (Å²) in [6.45, 7) is 1.61. The van der Waals surface area contributed by atoms with Gasteiger partial charge in [0.1, 0.15) is 0 Å². The molecule has 84 valence electrons. The monoisotopic (exact) mass is 203 g/mol. The number of hydrazine groups is 1. The second-order valence-electron chi connectivity index (χ2n) is 3.23. The molecule has 0 bridgehead atoms. The van der Waals surface area contributed by atoms with Crippen molar-refractivity contribution in [1.82, 2.24) is 10.3 Å². The number of hydrogen-bond acceptors (Lipinski definition) is 4. The zero-order valence-corrected chi connectivity index (χ0v) is 8.90. The Morgan fingerprint density at radius 2 is 1.93 bits per heavy atom. The van der Waals surface area contributed by atoms with E-state index in [1.165, 1.54) is 5.01 Å². The van der Waals surface area contributed by atoms with Crippen molar-refractivity contribution in [3.63, 3.8) is 0 Å². The highest BCUT2D eigenvalue weighted by Crippen LogP contribution is 2.00. The number of nitrogens with one attached hydrogen (secondary N) is 1. The number of unbranched alkanes of at least 4 members (excludes halogenated alkanes) is 3. The van der Waals surface area contributed by atoms with Gasteiger partial charge in [-0.15, -0.1) is 0 Å². The van der Waals surface area contributed by atoms with Crippen LogP contribution in [0.1, 0.15) is 25.7 Å². The summed E-state index contributed by atoms with van der Waals surface area (Å²) >= 11 is 0. The number of nitrogens with zero attached hydrogens (tertiary/aromatic N) is 3. The van der Waals surface area contributed by atoms with Gasteiger partial charge in [0, 0.05) is 4.97 Å². The molecule has 0 saturated carbocycles. The van der Waals surface area contributed by atoms with Crippen LogP contribution >= 0.6 is 0 Å². The Bertz CT molecular complexity index is 163. The topological polar surface area (TPSA) is 76.8 Å². The van der Waals surface area contributed by atoms with Crippen molar-refractivity contribution in [2.24, 2.45) is 5.28 Å². The molecule has 0 heterocycles. The third-order valence-electron chi connectivity index (χ3n) is 2.02. The van der Waals surface area contributed by atoms with Crippen molar-refractivity contribution in [1.29, 1.82) is 0 Å². The third kappa shape index (κ3) is 6.47. The van der Waals surface area contributed by atoms with Gasteiger partial charge in [0.05, 0.1) is 13.6 Å². The molecule has 0 aromatic heterocycles. The molecule has 0 rings (SSSR count). The first-order chi connectivity index (χ1) is 6.72. The Morgan fingerprint density at radius 1 is 1.29 bits per heavy atom. The average Bonchev–Trinajstić information content (AvgIpc) is 2.21. The maximum Gasteiger partial charge on any atom is 0.0764 e. The van der Waals surface area contributed by atoms with Gasteiger partial charge in [-0.3, -0.25) is 0 Å². The smallest absolute Gasteiger partial charge is 0.0764 e. The van der Waals surface area contributed by atoms with Gasteiger partial charge in [-0.25, -0.2) is 0 Å². The van der Waals surface area contributed by atoms with Crippen molar-refractivity contribution in [3.8, 4) is 0 Å². The largest absolute Gasteiger partial charge is 0.737 e. The van der Waals surface area contributed by atoms with Crippen LogP contribution in [0.2, 0.25) is 0 Å². The highest BCUT2D eigenvalue weighted by Gasteiger charge is 2.02. The molecule has 0 aliphatic rings. The second-order valence-corrected chi connectivity index (χ2v) is 3.23. The fraction of sp³-hybridized carbons (Fsp3) is 1.00. The van der Waals surface area contributed by atoms with Crippen molar-refractivity contribution in [2.45, 2.75) is 25.7 Å². The molecule has 0 radical (unpaired) electrons. The van der Waals surface area contributed by atoms with Crippen LogP contribution in [0.5, 0.6) is 0 Å². The predicted molar refractivity (Wildman–Crippen MR) is 54.4 cm³/mol. The van der Waals surface area contributed by atoms with Crippen LogP contribution in [-0.2, 0) is 0 Å². The van der Waals surface area contributed by atoms with Crippen molar-refractivity contribution in [3.05, 3.63) is 10.4 Å². The predicted octanol–water partition coefficient (Wildman–Crippen LogP) is 1.07. The lowest BCUT2D eigenvalue weighted by molar-refractivity contribution is -0.684. The molecule has 0 saturated heterocycles. The van der Waals surface area contributed by atoms with E-state index in [4.69, 9.17) is 0 Å². The summed E-state index contributed by atoms with van der Waals surface area (Å²) in [7, 11) is 3.49. The lowest BCUT2D eigenvalue weighted by atomic mass is 10.2. The molecular weight excluding hydrogens is 184 g/mol. The molecular formula is C8H19N4O2-. The van der Waals surface area contributed by atoms with Crippen molar-refractivity contribution < 1.29 is 4.97 Å². The Labute approximate surface area is 84.7 Å². The molecule has 0 aliphatic heterocycles. The van der Waals surface area contributed by atoms with E-state index in [-0.39, 0.29) is 4.97 Å². The van der Waals surface area contributed by atoms with Crippen LogP contribution in [-0.4, -0.2) is 37.2 Å². The van der Waals surface area contributed by atoms with E-state index in [0.29, 0.717) is 6.54 Å². The van der Waals surface area contributed by atoms with Crippen LogP contribution in [0.3, 0.4) is 0 Å². The first-order valence-corrected chi connectivity index (χ1v) is 4.88. The molecule has 1 N–H and O–H groups in total. The Kier molecular flexibility index (Phi) is 7.92. The van der Waals surface area contributed by atoms with Gasteiger partial charge >= 0.3 is 0 Å². The fourth-order valence-corrected chi connectivity index (χ4v) is 1.14. The first kappa shape index (κ1) is 13.0. The Hall–Kier alpha value is -1.04. The zero-order chi connectivity index (χ0) is 10.8. The molecule has 14 heavy (non-hydrogen) atoms. The maximum atomic E-state index is 10.6. The van der Waals surface area contributed by atoms with E-state index in [9.17, 15) is 10.4 Å². The lowest BCUT2D eigenvalue weighted by Crippen LogP contribution is -2.26. The fourth-order valence-electron chi connectivity index (χ4n) is 1.14. The minimum atomic E-state index is 0.0770. The highest BCUT2D eigenvalue weighted by molar-refractivity contribution is 4.46. The quantitative estimate of drug-likeness (QED) is 0.277. The summed E-state index contributed by atoms with van der Waals surface area (Å²) in [6.07, 6.45) is 4.27.